The summed E-state index contributed by atoms with van der Waals surface area (Å²) in [7, 11) is 1.57. The molecular formula is C20H20FNO3. The molecule has 2 aromatic carbocycles. The van der Waals surface area contributed by atoms with Crippen molar-refractivity contribution in [2.45, 2.75) is 20.0 Å². The zero-order valence-electron chi connectivity index (χ0n) is 14.3. The summed E-state index contributed by atoms with van der Waals surface area (Å²) in [6.45, 7) is 3.98. The van der Waals surface area contributed by atoms with Crippen molar-refractivity contribution in [3.63, 3.8) is 0 Å². The van der Waals surface area contributed by atoms with Crippen molar-refractivity contribution in [2.75, 3.05) is 13.7 Å². The van der Waals surface area contributed by atoms with Gasteiger partial charge >= 0.3 is 5.63 Å². The maximum atomic E-state index is 13.4. The molecule has 0 radical (unpaired) electrons. The molecule has 0 saturated carbocycles. The first-order valence-corrected chi connectivity index (χ1v) is 8.16. The van der Waals surface area contributed by atoms with Gasteiger partial charge in [-0.25, -0.2) is 9.18 Å². The van der Waals surface area contributed by atoms with Crippen molar-refractivity contribution >= 4 is 11.0 Å². The lowest BCUT2D eigenvalue weighted by atomic mass is 10.1. The Labute approximate surface area is 145 Å². The van der Waals surface area contributed by atoms with Crippen LogP contribution in [0.1, 0.15) is 18.1 Å². The van der Waals surface area contributed by atoms with E-state index in [1.807, 2.05) is 25.1 Å². The molecule has 0 saturated heterocycles. The van der Waals surface area contributed by atoms with Gasteiger partial charge < -0.3 is 9.15 Å². The Morgan fingerprint density at radius 3 is 2.68 bits per heavy atom. The maximum absolute atomic E-state index is 13.4. The number of hydrogen-bond donors (Lipinski definition) is 0. The molecule has 0 aliphatic rings. The molecular weight excluding hydrogens is 321 g/mol. The Morgan fingerprint density at radius 1 is 1.12 bits per heavy atom. The normalized spacial score (nSPS) is 11.2. The standard InChI is InChI=1S/C20H20FNO3/c1-3-22(12-14-5-4-6-16(21)9-14)13-15-10-20(23)25-19-11-17(24-2)7-8-18(15)19/h4-11H,3,12-13H2,1-2H3. The Balaban J connectivity index is 1.91. The fourth-order valence-electron chi connectivity index (χ4n) is 2.88. The zero-order valence-corrected chi connectivity index (χ0v) is 14.3. The Morgan fingerprint density at radius 2 is 1.96 bits per heavy atom. The quantitative estimate of drug-likeness (QED) is 0.637. The van der Waals surface area contributed by atoms with Crippen LogP contribution in [0.3, 0.4) is 0 Å². The predicted molar refractivity (Wildman–Crippen MR) is 95.2 cm³/mol. The number of ether oxygens (including phenoxy) is 1. The molecule has 3 rings (SSSR count). The summed E-state index contributed by atoms with van der Waals surface area (Å²) in [6.07, 6.45) is 0. The number of halogens is 1. The Bertz CT molecular complexity index is 936. The van der Waals surface area contributed by atoms with Crippen LogP contribution in [0.25, 0.3) is 11.0 Å². The van der Waals surface area contributed by atoms with E-state index in [2.05, 4.69) is 4.90 Å². The van der Waals surface area contributed by atoms with Gasteiger partial charge in [0, 0.05) is 30.6 Å². The van der Waals surface area contributed by atoms with Gasteiger partial charge in [-0.3, -0.25) is 4.90 Å². The van der Waals surface area contributed by atoms with Crippen LogP contribution in [0.4, 0.5) is 4.39 Å². The van der Waals surface area contributed by atoms with E-state index < -0.39 is 5.63 Å². The minimum atomic E-state index is -0.391. The summed E-state index contributed by atoms with van der Waals surface area (Å²) < 4.78 is 23.9. The molecule has 0 bridgehead atoms. The number of methoxy groups -OCH3 is 1. The highest BCUT2D eigenvalue weighted by Gasteiger charge is 2.11. The lowest BCUT2D eigenvalue weighted by Gasteiger charge is -2.21. The molecule has 5 heteroatoms. The molecule has 0 aliphatic heterocycles. The number of rotatable bonds is 6. The van der Waals surface area contributed by atoms with Crippen molar-refractivity contribution in [3.8, 4) is 5.75 Å². The summed E-state index contributed by atoms with van der Waals surface area (Å²) in [4.78, 5) is 14.0. The molecule has 0 spiro atoms. The number of nitrogens with zero attached hydrogens (tertiary/aromatic N) is 1. The van der Waals surface area contributed by atoms with E-state index in [0.717, 1.165) is 23.1 Å². The average Bonchev–Trinajstić information content (AvgIpc) is 2.60. The van der Waals surface area contributed by atoms with Gasteiger partial charge in [0.2, 0.25) is 0 Å². The van der Waals surface area contributed by atoms with Gasteiger partial charge in [0.1, 0.15) is 17.1 Å². The summed E-state index contributed by atoms with van der Waals surface area (Å²) in [5.41, 5.74) is 1.89. The van der Waals surface area contributed by atoms with Crippen LogP contribution in [-0.4, -0.2) is 18.6 Å². The van der Waals surface area contributed by atoms with Crippen LogP contribution in [-0.2, 0) is 13.1 Å². The smallest absolute Gasteiger partial charge is 0.336 e. The lowest BCUT2D eigenvalue weighted by molar-refractivity contribution is 0.271. The van der Waals surface area contributed by atoms with Crippen LogP contribution in [0.5, 0.6) is 5.75 Å². The first-order valence-electron chi connectivity index (χ1n) is 8.16. The van der Waals surface area contributed by atoms with Gasteiger partial charge in [-0.15, -0.1) is 0 Å². The van der Waals surface area contributed by atoms with E-state index >= 15 is 0 Å². The van der Waals surface area contributed by atoms with Gasteiger partial charge in [0.15, 0.2) is 0 Å². The van der Waals surface area contributed by atoms with Crippen molar-refractivity contribution in [1.29, 1.82) is 0 Å². The average molecular weight is 341 g/mol. The third-order valence-electron chi connectivity index (χ3n) is 4.17. The SMILES string of the molecule is CCN(Cc1cccc(F)c1)Cc1cc(=O)oc2cc(OC)ccc12. The first kappa shape index (κ1) is 17.2. The van der Waals surface area contributed by atoms with Crippen molar-refractivity contribution in [1.82, 2.24) is 4.90 Å². The maximum Gasteiger partial charge on any atom is 0.336 e. The zero-order chi connectivity index (χ0) is 17.8. The molecule has 0 aliphatic carbocycles. The minimum Gasteiger partial charge on any atom is -0.497 e. The summed E-state index contributed by atoms with van der Waals surface area (Å²) in [6, 6.07) is 13.5. The highest BCUT2D eigenvalue weighted by Crippen LogP contribution is 2.24. The van der Waals surface area contributed by atoms with Crippen molar-refractivity contribution in [2.24, 2.45) is 0 Å². The van der Waals surface area contributed by atoms with Gasteiger partial charge in [-0.05, 0) is 41.9 Å². The molecule has 0 N–H and O–H groups in total. The van der Waals surface area contributed by atoms with E-state index in [1.54, 1.807) is 19.2 Å². The topological polar surface area (TPSA) is 42.7 Å². The fourth-order valence-corrected chi connectivity index (χ4v) is 2.88. The monoisotopic (exact) mass is 341 g/mol. The summed E-state index contributed by atoms with van der Waals surface area (Å²) >= 11 is 0. The Hall–Kier alpha value is -2.66. The third-order valence-corrected chi connectivity index (χ3v) is 4.17. The molecule has 0 amide bonds. The van der Waals surface area contributed by atoms with Gasteiger partial charge in [0.05, 0.1) is 7.11 Å². The van der Waals surface area contributed by atoms with E-state index in [9.17, 15) is 9.18 Å². The number of hydrogen-bond acceptors (Lipinski definition) is 4. The highest BCUT2D eigenvalue weighted by atomic mass is 19.1. The minimum absolute atomic E-state index is 0.244. The second-order valence-corrected chi connectivity index (χ2v) is 5.89. The van der Waals surface area contributed by atoms with Gasteiger partial charge in [0.25, 0.3) is 0 Å². The fraction of sp³-hybridized carbons (Fsp3) is 0.250. The van der Waals surface area contributed by atoms with E-state index in [0.29, 0.717) is 24.4 Å². The summed E-state index contributed by atoms with van der Waals surface area (Å²) in [5, 5.41) is 0.873. The highest BCUT2D eigenvalue weighted by molar-refractivity contribution is 5.81. The van der Waals surface area contributed by atoms with E-state index in [-0.39, 0.29) is 5.82 Å². The third kappa shape index (κ3) is 4.06. The van der Waals surface area contributed by atoms with Gasteiger partial charge in [-0.2, -0.15) is 0 Å². The Kier molecular flexibility index (Phi) is 5.14. The van der Waals surface area contributed by atoms with Gasteiger partial charge in [-0.1, -0.05) is 19.1 Å². The lowest BCUT2D eigenvalue weighted by Crippen LogP contribution is -2.23. The van der Waals surface area contributed by atoms with Crippen LogP contribution in [0, 0.1) is 5.82 Å². The van der Waals surface area contributed by atoms with Crippen molar-refractivity contribution in [3.05, 3.63) is 75.9 Å². The second kappa shape index (κ2) is 7.49. The molecule has 130 valence electrons. The largest absolute Gasteiger partial charge is 0.497 e. The number of fused-ring (bicyclic) bond motifs is 1. The van der Waals surface area contributed by atoms with E-state index in [4.69, 9.17) is 9.15 Å². The van der Waals surface area contributed by atoms with Crippen LogP contribution in [0.2, 0.25) is 0 Å². The van der Waals surface area contributed by atoms with Crippen LogP contribution < -0.4 is 10.4 Å². The predicted octanol–water partition coefficient (Wildman–Crippen LogP) is 3.96. The molecule has 1 aromatic heterocycles. The van der Waals surface area contributed by atoms with Crippen LogP contribution >= 0.6 is 0 Å². The second-order valence-electron chi connectivity index (χ2n) is 5.89. The van der Waals surface area contributed by atoms with Crippen LogP contribution in [0.15, 0.2) is 57.7 Å². The first-order chi connectivity index (χ1) is 12.1. The molecule has 4 nitrogen and oxygen atoms in total. The molecule has 1 heterocycles. The van der Waals surface area contributed by atoms with Crippen molar-refractivity contribution < 1.29 is 13.5 Å². The molecule has 25 heavy (non-hydrogen) atoms. The van der Waals surface area contributed by atoms with E-state index in [1.165, 1.54) is 18.2 Å². The molecule has 0 fully saturated rings. The molecule has 0 unspecified atom stereocenters. The molecule has 3 aromatic rings. The summed E-state index contributed by atoms with van der Waals surface area (Å²) in [5.74, 6) is 0.395. The number of benzene rings is 2. The molecule has 0 atom stereocenters.